The van der Waals surface area contributed by atoms with Crippen LogP contribution in [0.15, 0.2) is 47.7 Å². The van der Waals surface area contributed by atoms with Crippen molar-refractivity contribution >= 4 is 34.8 Å². The lowest BCUT2D eigenvalue weighted by molar-refractivity contribution is -0.161. The molecule has 1 aromatic carbocycles. The molecule has 0 saturated heterocycles. The van der Waals surface area contributed by atoms with E-state index in [0.29, 0.717) is 18.5 Å². The number of aromatic nitrogens is 1. The first-order valence-corrected chi connectivity index (χ1v) is 11.5. The molecule has 0 radical (unpaired) electrons. The SMILES string of the molecule is COC(=O)C(=CC1=CN2CCc3c([nH]c4ccccc34)[C@H]2C[C@@H]1C(C(=O)OC)C(=O)OC)C(=O)OC. The molecule has 0 aliphatic carbocycles. The molecule has 3 heterocycles. The number of rotatable bonds is 6. The summed E-state index contributed by atoms with van der Waals surface area (Å²) in [7, 11) is 4.68. The van der Waals surface area contributed by atoms with Crippen LogP contribution in [0.4, 0.5) is 0 Å². The second-order valence-corrected chi connectivity index (χ2v) is 8.60. The molecule has 1 N–H and O–H groups in total. The van der Waals surface area contributed by atoms with Gasteiger partial charge in [0.15, 0.2) is 5.92 Å². The summed E-state index contributed by atoms with van der Waals surface area (Å²) >= 11 is 0. The van der Waals surface area contributed by atoms with Gasteiger partial charge in [0.1, 0.15) is 5.57 Å². The first kappa shape index (κ1) is 25.0. The molecule has 36 heavy (non-hydrogen) atoms. The van der Waals surface area contributed by atoms with Crippen molar-refractivity contribution in [3.05, 3.63) is 58.9 Å². The molecule has 0 saturated carbocycles. The highest BCUT2D eigenvalue weighted by Crippen LogP contribution is 2.45. The van der Waals surface area contributed by atoms with E-state index in [1.807, 2.05) is 18.2 Å². The third-order valence-electron chi connectivity index (χ3n) is 6.85. The van der Waals surface area contributed by atoms with E-state index in [-0.39, 0.29) is 11.6 Å². The lowest BCUT2D eigenvalue weighted by Gasteiger charge is -2.42. The lowest BCUT2D eigenvalue weighted by Crippen LogP contribution is -2.42. The minimum atomic E-state index is -1.31. The number of allylic oxidation sites excluding steroid dienone is 2. The number of nitrogens with one attached hydrogen (secondary N) is 1. The number of ether oxygens (including phenoxy) is 4. The number of H-pyrrole nitrogens is 1. The zero-order valence-corrected chi connectivity index (χ0v) is 20.5. The summed E-state index contributed by atoms with van der Waals surface area (Å²) < 4.78 is 19.4. The number of nitrogens with zero attached hydrogens (tertiary/aromatic N) is 1. The normalized spacial score (nSPS) is 18.5. The molecule has 10 heteroatoms. The van der Waals surface area contributed by atoms with Crippen molar-refractivity contribution in [2.75, 3.05) is 35.0 Å². The van der Waals surface area contributed by atoms with Crippen LogP contribution in [0.1, 0.15) is 23.7 Å². The molecule has 0 bridgehead atoms. The van der Waals surface area contributed by atoms with Crippen LogP contribution in [0.2, 0.25) is 0 Å². The van der Waals surface area contributed by atoms with E-state index in [1.54, 1.807) is 6.20 Å². The number of benzene rings is 1. The number of hydrogen-bond acceptors (Lipinski definition) is 9. The summed E-state index contributed by atoms with van der Waals surface area (Å²) in [5, 5.41) is 1.13. The predicted octanol–water partition coefficient (Wildman–Crippen LogP) is 2.21. The summed E-state index contributed by atoms with van der Waals surface area (Å²) in [6.45, 7) is 0.663. The maximum Gasteiger partial charge on any atom is 0.345 e. The average Bonchev–Trinajstić information content (AvgIpc) is 3.29. The molecule has 0 amide bonds. The first-order valence-electron chi connectivity index (χ1n) is 11.5. The summed E-state index contributed by atoms with van der Waals surface area (Å²) in [6.07, 6.45) is 4.19. The van der Waals surface area contributed by atoms with E-state index in [1.165, 1.54) is 25.9 Å². The van der Waals surface area contributed by atoms with Crippen molar-refractivity contribution in [1.29, 1.82) is 0 Å². The molecule has 0 fully saturated rings. The van der Waals surface area contributed by atoms with Crippen molar-refractivity contribution in [2.45, 2.75) is 18.9 Å². The predicted molar refractivity (Wildman–Crippen MR) is 127 cm³/mol. The average molecular weight is 497 g/mol. The third-order valence-corrected chi connectivity index (χ3v) is 6.85. The number of carbonyl (C=O) groups is 4. The van der Waals surface area contributed by atoms with Gasteiger partial charge >= 0.3 is 23.9 Å². The smallest absolute Gasteiger partial charge is 0.345 e. The molecule has 0 unspecified atom stereocenters. The fraction of sp³-hybridized carbons (Fsp3) is 0.385. The quantitative estimate of drug-likeness (QED) is 0.211. The molecular formula is C26H28N2O8. The van der Waals surface area contributed by atoms with Gasteiger partial charge in [0.25, 0.3) is 0 Å². The van der Waals surface area contributed by atoms with Gasteiger partial charge in [0.2, 0.25) is 0 Å². The fourth-order valence-corrected chi connectivity index (χ4v) is 5.15. The van der Waals surface area contributed by atoms with Gasteiger partial charge in [-0.2, -0.15) is 0 Å². The maximum atomic E-state index is 12.8. The Hall–Kier alpha value is -4.08. The van der Waals surface area contributed by atoms with Crippen LogP contribution in [0, 0.1) is 11.8 Å². The number of hydrogen-bond donors (Lipinski definition) is 1. The highest BCUT2D eigenvalue weighted by Gasteiger charge is 2.45. The molecular weight excluding hydrogens is 468 g/mol. The monoisotopic (exact) mass is 496 g/mol. The number of fused-ring (bicyclic) bond motifs is 5. The highest BCUT2D eigenvalue weighted by atomic mass is 16.5. The van der Waals surface area contributed by atoms with Gasteiger partial charge in [-0.3, -0.25) is 9.59 Å². The molecule has 10 nitrogen and oxygen atoms in total. The zero-order valence-electron chi connectivity index (χ0n) is 20.5. The Morgan fingerprint density at radius 2 is 1.61 bits per heavy atom. The summed E-state index contributed by atoms with van der Waals surface area (Å²) in [6, 6.07) is 7.84. The minimum absolute atomic E-state index is 0.181. The van der Waals surface area contributed by atoms with Crippen LogP contribution in [0.25, 0.3) is 10.9 Å². The lowest BCUT2D eigenvalue weighted by atomic mass is 9.76. The van der Waals surface area contributed by atoms with E-state index in [4.69, 9.17) is 18.9 Å². The van der Waals surface area contributed by atoms with Crippen LogP contribution in [0.3, 0.4) is 0 Å². The van der Waals surface area contributed by atoms with Gasteiger partial charge < -0.3 is 28.8 Å². The van der Waals surface area contributed by atoms with Crippen LogP contribution in [-0.4, -0.2) is 68.7 Å². The number of methoxy groups -OCH3 is 4. The van der Waals surface area contributed by atoms with Gasteiger partial charge in [-0.1, -0.05) is 18.2 Å². The van der Waals surface area contributed by atoms with E-state index in [0.717, 1.165) is 37.2 Å². The molecule has 0 spiro atoms. The van der Waals surface area contributed by atoms with Crippen LogP contribution >= 0.6 is 0 Å². The van der Waals surface area contributed by atoms with E-state index < -0.39 is 35.7 Å². The van der Waals surface area contributed by atoms with Crippen LogP contribution < -0.4 is 0 Å². The fourth-order valence-electron chi connectivity index (χ4n) is 5.15. The van der Waals surface area contributed by atoms with Gasteiger partial charge in [-0.25, -0.2) is 9.59 Å². The van der Waals surface area contributed by atoms with Crippen molar-refractivity contribution in [3.63, 3.8) is 0 Å². The van der Waals surface area contributed by atoms with Gasteiger partial charge in [-0.15, -0.1) is 0 Å². The zero-order chi connectivity index (χ0) is 26.0. The summed E-state index contributed by atoms with van der Waals surface area (Å²) in [4.78, 5) is 55.9. The highest BCUT2D eigenvalue weighted by molar-refractivity contribution is 6.14. The number of carbonyl (C=O) groups excluding carboxylic acids is 4. The molecule has 2 atom stereocenters. The second-order valence-electron chi connectivity index (χ2n) is 8.60. The van der Waals surface area contributed by atoms with Crippen LogP contribution in [-0.2, 0) is 44.5 Å². The minimum Gasteiger partial charge on any atom is -0.468 e. The first-order chi connectivity index (χ1) is 17.3. The summed E-state index contributed by atoms with van der Waals surface area (Å²) in [5.74, 6) is -5.40. The third kappa shape index (κ3) is 4.34. The Morgan fingerprint density at radius 1 is 0.972 bits per heavy atom. The molecule has 2 aliphatic heterocycles. The Kier molecular flexibility index (Phi) is 7.14. The van der Waals surface area contributed by atoms with Crippen molar-refractivity contribution in [1.82, 2.24) is 9.88 Å². The van der Waals surface area contributed by atoms with Crippen molar-refractivity contribution < 1.29 is 38.1 Å². The number of para-hydroxylation sites is 1. The Labute approximate surface area is 207 Å². The Balaban J connectivity index is 1.87. The topological polar surface area (TPSA) is 124 Å². The van der Waals surface area contributed by atoms with Gasteiger partial charge in [-0.05, 0) is 36.1 Å². The second kappa shape index (κ2) is 10.3. The van der Waals surface area contributed by atoms with Crippen molar-refractivity contribution in [3.8, 4) is 0 Å². The Bertz CT molecular complexity index is 1240. The van der Waals surface area contributed by atoms with E-state index >= 15 is 0 Å². The standard InChI is InChI=1S/C26H28N2O8/c1-33-23(29)18(24(30)34-2)11-14-13-28-10-9-16-15-7-5-6-8-19(15)27-22(16)20(28)12-17(14)21(25(31)35-3)26(32)36-4/h5-8,11,13,17,20-21,27H,9-10,12H2,1-4H3/t17-,20+/m0/s1. The molecule has 190 valence electrons. The molecule has 2 aliphatic rings. The van der Waals surface area contributed by atoms with Gasteiger partial charge in [0.05, 0.1) is 34.5 Å². The summed E-state index contributed by atoms with van der Waals surface area (Å²) in [5.41, 5.74) is 3.26. The number of esters is 4. The Morgan fingerprint density at radius 3 is 2.22 bits per heavy atom. The van der Waals surface area contributed by atoms with Gasteiger partial charge in [0, 0.05) is 35.3 Å². The van der Waals surface area contributed by atoms with E-state index in [2.05, 4.69) is 16.0 Å². The van der Waals surface area contributed by atoms with Crippen molar-refractivity contribution in [2.24, 2.45) is 11.8 Å². The van der Waals surface area contributed by atoms with Crippen LogP contribution in [0.5, 0.6) is 0 Å². The maximum absolute atomic E-state index is 12.8. The molecule has 2 aromatic rings. The number of aromatic amines is 1. The van der Waals surface area contributed by atoms with E-state index in [9.17, 15) is 19.2 Å². The molecule has 4 rings (SSSR count). The largest absolute Gasteiger partial charge is 0.468 e. The molecule has 1 aromatic heterocycles.